The average Bonchev–Trinajstić information content (AvgIpc) is 2.78. The summed E-state index contributed by atoms with van der Waals surface area (Å²) in [5.74, 6) is -0.493. The van der Waals surface area contributed by atoms with Crippen LogP contribution in [0.3, 0.4) is 0 Å². The first-order valence-corrected chi connectivity index (χ1v) is 10.1. The number of hydrogen-bond donors (Lipinski definition) is 2. The van der Waals surface area contributed by atoms with Crippen molar-refractivity contribution in [1.29, 1.82) is 0 Å². The van der Waals surface area contributed by atoms with Crippen molar-refractivity contribution in [3.05, 3.63) is 100.0 Å². The van der Waals surface area contributed by atoms with Gasteiger partial charge in [0.1, 0.15) is 0 Å². The predicted molar refractivity (Wildman–Crippen MR) is 125 cm³/mol. The fourth-order valence-electron chi connectivity index (χ4n) is 3.49. The molecule has 7 heteroatoms. The quantitative estimate of drug-likeness (QED) is 0.509. The second kappa shape index (κ2) is 8.85. The number of carbonyl (C=O) groups excluding carboxylic acids is 2. The molecule has 0 aliphatic heterocycles. The van der Waals surface area contributed by atoms with Gasteiger partial charge in [0.05, 0.1) is 17.5 Å². The number of amides is 2. The lowest BCUT2D eigenvalue weighted by atomic mass is 10.1. The number of aryl methyl sites for hydroxylation is 2. The van der Waals surface area contributed by atoms with Crippen LogP contribution in [0.15, 0.2) is 77.6 Å². The largest absolute Gasteiger partial charge is 0.326 e. The van der Waals surface area contributed by atoms with Crippen molar-refractivity contribution in [2.24, 2.45) is 7.05 Å². The molecule has 1 heterocycles. The van der Waals surface area contributed by atoms with E-state index < -0.39 is 0 Å². The number of aromatic nitrogens is 2. The van der Waals surface area contributed by atoms with Gasteiger partial charge in [0, 0.05) is 29.4 Å². The molecule has 7 nitrogen and oxygen atoms in total. The number of anilines is 2. The molecule has 0 fully saturated rings. The summed E-state index contributed by atoms with van der Waals surface area (Å²) in [5.41, 5.74) is 3.15. The van der Waals surface area contributed by atoms with Crippen LogP contribution in [0.5, 0.6) is 0 Å². The molecule has 0 spiro atoms. The normalized spacial score (nSPS) is 10.7. The molecule has 2 N–H and O–H groups in total. The Bertz CT molecular complexity index is 1370. The van der Waals surface area contributed by atoms with Gasteiger partial charge in [-0.2, -0.15) is 5.10 Å². The van der Waals surface area contributed by atoms with Gasteiger partial charge in [0.15, 0.2) is 0 Å². The van der Waals surface area contributed by atoms with Crippen LogP contribution in [-0.4, -0.2) is 21.6 Å². The van der Waals surface area contributed by atoms with Crippen molar-refractivity contribution in [3.8, 4) is 0 Å². The average molecular weight is 426 g/mol. The first kappa shape index (κ1) is 21.0. The van der Waals surface area contributed by atoms with Gasteiger partial charge < -0.3 is 10.6 Å². The number of nitrogens with zero attached hydrogens (tertiary/aromatic N) is 2. The molecule has 3 aromatic carbocycles. The highest BCUT2D eigenvalue weighted by molar-refractivity contribution is 6.04. The zero-order valence-electron chi connectivity index (χ0n) is 17.8. The lowest BCUT2D eigenvalue weighted by Crippen LogP contribution is -2.24. The molecule has 0 aliphatic rings. The smallest absolute Gasteiger partial charge is 0.274 e. The number of rotatable bonds is 5. The van der Waals surface area contributed by atoms with Crippen molar-refractivity contribution in [2.45, 2.75) is 13.3 Å². The number of benzene rings is 3. The molecular weight excluding hydrogens is 404 g/mol. The van der Waals surface area contributed by atoms with Gasteiger partial charge >= 0.3 is 0 Å². The SMILES string of the molecule is Cc1cccc(NC(=O)c2ccc(NC(=O)Cc3nn(C)c(=O)c4ccccc34)cc2)c1. The molecule has 0 saturated carbocycles. The molecule has 160 valence electrons. The van der Waals surface area contributed by atoms with Gasteiger partial charge in [-0.15, -0.1) is 0 Å². The molecule has 0 atom stereocenters. The van der Waals surface area contributed by atoms with Gasteiger partial charge in [-0.25, -0.2) is 4.68 Å². The highest BCUT2D eigenvalue weighted by atomic mass is 16.2. The van der Waals surface area contributed by atoms with E-state index in [1.807, 2.05) is 37.3 Å². The maximum atomic E-state index is 12.6. The highest BCUT2D eigenvalue weighted by Gasteiger charge is 2.13. The lowest BCUT2D eigenvalue weighted by Gasteiger charge is -2.10. The summed E-state index contributed by atoms with van der Waals surface area (Å²) >= 11 is 0. The zero-order chi connectivity index (χ0) is 22.7. The third-order valence-corrected chi connectivity index (χ3v) is 5.07. The van der Waals surface area contributed by atoms with E-state index in [1.165, 1.54) is 4.68 Å². The predicted octanol–water partition coefficient (Wildman–Crippen LogP) is 3.68. The van der Waals surface area contributed by atoms with Crippen LogP contribution >= 0.6 is 0 Å². The molecule has 2 amide bonds. The second-order valence-corrected chi connectivity index (χ2v) is 7.55. The molecule has 0 saturated heterocycles. The van der Waals surface area contributed by atoms with Crippen molar-refractivity contribution < 1.29 is 9.59 Å². The lowest BCUT2D eigenvalue weighted by molar-refractivity contribution is -0.115. The minimum Gasteiger partial charge on any atom is -0.326 e. The fourth-order valence-corrected chi connectivity index (χ4v) is 3.49. The van der Waals surface area contributed by atoms with E-state index in [0.29, 0.717) is 27.7 Å². The number of nitrogens with one attached hydrogen (secondary N) is 2. The van der Waals surface area contributed by atoms with E-state index in [1.54, 1.807) is 49.5 Å². The highest BCUT2D eigenvalue weighted by Crippen LogP contribution is 2.16. The van der Waals surface area contributed by atoms with Gasteiger partial charge in [-0.1, -0.05) is 30.3 Å². The summed E-state index contributed by atoms with van der Waals surface area (Å²) in [7, 11) is 1.57. The van der Waals surface area contributed by atoms with Crippen LogP contribution in [0, 0.1) is 6.92 Å². The Balaban J connectivity index is 1.44. The Morgan fingerprint density at radius 2 is 1.59 bits per heavy atom. The summed E-state index contributed by atoms with van der Waals surface area (Å²) in [6.07, 6.45) is 0.0181. The summed E-state index contributed by atoms with van der Waals surface area (Å²) in [4.78, 5) is 37.3. The van der Waals surface area contributed by atoms with Crippen molar-refractivity contribution >= 4 is 34.0 Å². The van der Waals surface area contributed by atoms with Gasteiger partial charge in [-0.3, -0.25) is 14.4 Å². The topological polar surface area (TPSA) is 93.1 Å². The molecular formula is C25H22N4O3. The van der Waals surface area contributed by atoms with E-state index in [0.717, 1.165) is 11.3 Å². The minimum atomic E-state index is -0.265. The first-order chi connectivity index (χ1) is 15.4. The van der Waals surface area contributed by atoms with E-state index in [-0.39, 0.29) is 23.8 Å². The third-order valence-electron chi connectivity index (χ3n) is 5.07. The molecule has 0 unspecified atom stereocenters. The van der Waals surface area contributed by atoms with Crippen LogP contribution in [0.4, 0.5) is 11.4 Å². The van der Waals surface area contributed by atoms with Crippen molar-refractivity contribution in [1.82, 2.24) is 9.78 Å². The van der Waals surface area contributed by atoms with Gasteiger partial charge in [0.25, 0.3) is 11.5 Å². The molecule has 4 rings (SSSR count). The maximum absolute atomic E-state index is 12.6. The minimum absolute atomic E-state index is 0.0181. The van der Waals surface area contributed by atoms with Crippen LogP contribution in [0.2, 0.25) is 0 Å². The Hall–Kier alpha value is -4.26. The molecule has 4 aromatic rings. The Morgan fingerprint density at radius 1 is 0.875 bits per heavy atom. The molecule has 1 aromatic heterocycles. The summed E-state index contributed by atoms with van der Waals surface area (Å²) in [6, 6.07) is 21.3. The molecule has 32 heavy (non-hydrogen) atoms. The van der Waals surface area contributed by atoms with Gasteiger partial charge in [0.2, 0.25) is 5.91 Å². The molecule has 0 aliphatic carbocycles. The number of carbonyl (C=O) groups is 2. The summed E-state index contributed by atoms with van der Waals surface area (Å²) in [5, 5.41) is 11.1. The van der Waals surface area contributed by atoms with Crippen molar-refractivity contribution in [3.63, 3.8) is 0 Å². The maximum Gasteiger partial charge on any atom is 0.274 e. The number of fused-ring (bicyclic) bond motifs is 1. The molecule has 0 radical (unpaired) electrons. The Morgan fingerprint density at radius 3 is 2.31 bits per heavy atom. The van der Waals surface area contributed by atoms with Crippen LogP contribution in [0.1, 0.15) is 21.6 Å². The van der Waals surface area contributed by atoms with E-state index in [2.05, 4.69) is 15.7 Å². The summed E-state index contributed by atoms with van der Waals surface area (Å²) in [6.45, 7) is 1.96. The summed E-state index contributed by atoms with van der Waals surface area (Å²) < 4.78 is 1.24. The second-order valence-electron chi connectivity index (χ2n) is 7.55. The van der Waals surface area contributed by atoms with Crippen LogP contribution in [-0.2, 0) is 18.3 Å². The fraction of sp³-hybridized carbons (Fsp3) is 0.120. The number of hydrogen-bond acceptors (Lipinski definition) is 4. The van der Waals surface area contributed by atoms with Crippen molar-refractivity contribution in [2.75, 3.05) is 10.6 Å². The Labute approximate surface area is 184 Å². The zero-order valence-corrected chi connectivity index (χ0v) is 17.8. The molecule has 0 bridgehead atoms. The van der Waals surface area contributed by atoms with E-state index in [4.69, 9.17) is 0 Å². The third kappa shape index (κ3) is 4.57. The van der Waals surface area contributed by atoms with Crippen LogP contribution in [0.25, 0.3) is 10.8 Å². The van der Waals surface area contributed by atoms with E-state index in [9.17, 15) is 14.4 Å². The first-order valence-electron chi connectivity index (χ1n) is 10.1. The standard InChI is InChI=1S/C25H22N4O3/c1-16-6-5-7-19(14-16)27-24(31)17-10-12-18(13-11-17)26-23(30)15-22-20-8-3-4-9-21(20)25(32)29(2)28-22/h3-14H,15H2,1-2H3,(H,26,30)(H,27,31). The Kier molecular flexibility index (Phi) is 5.81. The van der Waals surface area contributed by atoms with Crippen LogP contribution < -0.4 is 16.2 Å². The monoisotopic (exact) mass is 426 g/mol. The van der Waals surface area contributed by atoms with E-state index >= 15 is 0 Å². The van der Waals surface area contributed by atoms with Gasteiger partial charge in [-0.05, 0) is 55.0 Å².